The minimum absolute atomic E-state index is 0.0337. The summed E-state index contributed by atoms with van der Waals surface area (Å²) in [5.74, 6) is 0. The number of H-pyrrole nitrogens is 1. The van der Waals surface area contributed by atoms with Crippen LogP contribution in [0.5, 0.6) is 0 Å². The van der Waals surface area contributed by atoms with Crippen LogP contribution in [0.4, 0.5) is 13.2 Å². The molecule has 3 N–H and O–H groups in total. The summed E-state index contributed by atoms with van der Waals surface area (Å²) in [6, 6.07) is 9.64. The minimum Gasteiger partial charge on any atom is -0.354 e. The Morgan fingerprint density at radius 1 is 0.966 bits per heavy atom. The number of fused-ring (bicyclic) bond motifs is 1. The first-order valence-corrected chi connectivity index (χ1v) is 10.1. The monoisotopic (exact) mass is 422 g/mol. The van der Waals surface area contributed by atoms with Gasteiger partial charge in [-0.3, -0.25) is 0 Å². The molecule has 0 bridgehead atoms. The smallest absolute Gasteiger partial charge is 0.354 e. The zero-order chi connectivity index (χ0) is 21.4. The molecule has 29 heavy (non-hydrogen) atoms. The Hall–Kier alpha value is -1.98. The van der Waals surface area contributed by atoms with Crippen molar-refractivity contribution in [2.24, 2.45) is 5.73 Å². The van der Waals surface area contributed by atoms with Crippen LogP contribution in [0.15, 0.2) is 36.4 Å². The minimum atomic E-state index is -4.43. The SMILES string of the molecule is CC(C)(C)c1ccc2[nH]c(-c3cc(C(F)(F)F)ccc3Cl)c(CCCCN)c2c1. The first kappa shape index (κ1) is 21.7. The number of aromatic amines is 1. The van der Waals surface area contributed by atoms with E-state index in [9.17, 15) is 13.2 Å². The van der Waals surface area contributed by atoms with Crippen LogP contribution < -0.4 is 5.73 Å². The lowest BCUT2D eigenvalue weighted by Crippen LogP contribution is -2.10. The number of alkyl halides is 3. The normalized spacial score (nSPS) is 12.7. The highest BCUT2D eigenvalue weighted by Crippen LogP contribution is 2.40. The van der Waals surface area contributed by atoms with Crippen molar-refractivity contribution in [3.05, 3.63) is 58.1 Å². The quantitative estimate of drug-likeness (QED) is 0.423. The van der Waals surface area contributed by atoms with Crippen LogP contribution in [0.25, 0.3) is 22.2 Å². The van der Waals surface area contributed by atoms with Gasteiger partial charge < -0.3 is 10.7 Å². The topological polar surface area (TPSA) is 41.8 Å². The van der Waals surface area contributed by atoms with Gasteiger partial charge in [-0.05, 0) is 72.7 Å². The molecule has 0 aliphatic rings. The van der Waals surface area contributed by atoms with E-state index in [1.807, 2.05) is 6.07 Å². The Bertz CT molecular complexity index is 1010. The molecule has 3 rings (SSSR count). The lowest BCUT2D eigenvalue weighted by Gasteiger charge is -2.19. The van der Waals surface area contributed by atoms with Crippen molar-refractivity contribution in [2.45, 2.75) is 51.6 Å². The van der Waals surface area contributed by atoms with E-state index >= 15 is 0 Å². The molecule has 0 saturated carbocycles. The van der Waals surface area contributed by atoms with Gasteiger partial charge in [-0.25, -0.2) is 0 Å². The Morgan fingerprint density at radius 3 is 2.28 bits per heavy atom. The predicted molar refractivity (Wildman–Crippen MR) is 114 cm³/mol. The number of halogens is 4. The first-order chi connectivity index (χ1) is 13.5. The van der Waals surface area contributed by atoms with Crippen molar-refractivity contribution in [1.29, 1.82) is 0 Å². The highest BCUT2D eigenvalue weighted by Gasteiger charge is 2.31. The van der Waals surface area contributed by atoms with Crippen LogP contribution in [-0.4, -0.2) is 11.5 Å². The van der Waals surface area contributed by atoms with Crippen molar-refractivity contribution in [3.8, 4) is 11.3 Å². The summed E-state index contributed by atoms with van der Waals surface area (Å²) in [7, 11) is 0. The summed E-state index contributed by atoms with van der Waals surface area (Å²) in [6.45, 7) is 6.99. The van der Waals surface area contributed by atoms with Crippen molar-refractivity contribution in [3.63, 3.8) is 0 Å². The Balaban J connectivity index is 2.23. The third-order valence-corrected chi connectivity index (χ3v) is 5.55. The molecule has 1 aromatic heterocycles. The molecular weight excluding hydrogens is 397 g/mol. The number of nitrogens with two attached hydrogens (primary N) is 1. The summed E-state index contributed by atoms with van der Waals surface area (Å²) >= 11 is 6.34. The van der Waals surface area contributed by atoms with E-state index < -0.39 is 11.7 Å². The maximum atomic E-state index is 13.3. The van der Waals surface area contributed by atoms with Gasteiger partial charge in [0.15, 0.2) is 0 Å². The molecule has 0 spiro atoms. The number of aromatic nitrogens is 1. The molecule has 1 heterocycles. The standard InChI is InChI=1S/C23H26ClF3N2/c1-22(2,3)14-8-10-20-17(12-14)16(6-4-5-11-28)21(29-20)18-13-15(23(25,26)27)7-9-19(18)24/h7-10,12-13,29H,4-6,11,28H2,1-3H3. The average Bonchev–Trinajstić information content (AvgIpc) is 2.98. The Kier molecular flexibility index (Phi) is 6.02. The fraction of sp³-hybridized carbons (Fsp3) is 0.391. The molecule has 0 radical (unpaired) electrons. The van der Waals surface area contributed by atoms with E-state index in [2.05, 4.69) is 37.9 Å². The zero-order valence-corrected chi connectivity index (χ0v) is 17.6. The molecule has 3 aromatic rings. The molecule has 0 saturated heterocycles. The predicted octanol–water partition coefficient (Wildman–Crippen LogP) is 7.09. The van der Waals surface area contributed by atoms with E-state index in [1.54, 1.807) is 0 Å². The lowest BCUT2D eigenvalue weighted by atomic mass is 9.86. The molecule has 0 unspecified atom stereocenters. The van der Waals surface area contributed by atoms with Gasteiger partial charge in [-0.2, -0.15) is 13.2 Å². The van der Waals surface area contributed by atoms with E-state index in [0.29, 0.717) is 29.2 Å². The number of benzene rings is 2. The molecule has 6 heteroatoms. The Labute approximate surface area is 174 Å². The lowest BCUT2D eigenvalue weighted by molar-refractivity contribution is -0.137. The molecule has 2 aromatic carbocycles. The van der Waals surface area contributed by atoms with E-state index in [0.717, 1.165) is 41.4 Å². The van der Waals surface area contributed by atoms with Crippen molar-refractivity contribution in [2.75, 3.05) is 6.54 Å². The van der Waals surface area contributed by atoms with Crippen LogP contribution in [0.3, 0.4) is 0 Å². The summed E-state index contributed by atoms with van der Waals surface area (Å²) < 4.78 is 39.9. The van der Waals surface area contributed by atoms with Gasteiger partial charge in [0, 0.05) is 21.5 Å². The van der Waals surface area contributed by atoms with Crippen LogP contribution in [-0.2, 0) is 18.0 Å². The summed E-state index contributed by atoms with van der Waals surface area (Å²) in [4.78, 5) is 3.32. The molecule has 156 valence electrons. The maximum absolute atomic E-state index is 13.3. The molecule has 0 atom stereocenters. The molecular formula is C23H26ClF3N2. The highest BCUT2D eigenvalue weighted by atomic mass is 35.5. The second kappa shape index (κ2) is 8.04. The maximum Gasteiger partial charge on any atom is 0.416 e. The summed E-state index contributed by atoms with van der Waals surface area (Å²) in [5.41, 5.74) is 8.98. The van der Waals surface area contributed by atoms with E-state index in [4.69, 9.17) is 17.3 Å². The van der Waals surface area contributed by atoms with Gasteiger partial charge in [-0.1, -0.05) is 38.4 Å². The third-order valence-electron chi connectivity index (χ3n) is 5.22. The molecule has 0 amide bonds. The number of aryl methyl sites for hydroxylation is 1. The van der Waals surface area contributed by atoms with Crippen LogP contribution in [0.2, 0.25) is 5.02 Å². The fourth-order valence-corrected chi connectivity index (χ4v) is 3.76. The van der Waals surface area contributed by atoms with E-state index in [-0.39, 0.29) is 5.41 Å². The van der Waals surface area contributed by atoms with Gasteiger partial charge in [0.25, 0.3) is 0 Å². The van der Waals surface area contributed by atoms with Gasteiger partial charge in [0.1, 0.15) is 0 Å². The van der Waals surface area contributed by atoms with Gasteiger partial charge >= 0.3 is 6.18 Å². The number of unbranched alkanes of at least 4 members (excludes halogenated alkanes) is 1. The van der Waals surface area contributed by atoms with Crippen molar-refractivity contribution in [1.82, 2.24) is 4.98 Å². The van der Waals surface area contributed by atoms with Gasteiger partial charge in [0.2, 0.25) is 0 Å². The van der Waals surface area contributed by atoms with Gasteiger partial charge in [0.05, 0.1) is 11.3 Å². The highest BCUT2D eigenvalue weighted by molar-refractivity contribution is 6.33. The molecule has 0 fully saturated rings. The van der Waals surface area contributed by atoms with Crippen molar-refractivity contribution >= 4 is 22.5 Å². The zero-order valence-electron chi connectivity index (χ0n) is 16.9. The molecule has 0 aliphatic carbocycles. The number of hydrogen-bond donors (Lipinski definition) is 2. The third kappa shape index (κ3) is 4.62. The van der Waals surface area contributed by atoms with Crippen LogP contribution >= 0.6 is 11.6 Å². The molecule has 2 nitrogen and oxygen atoms in total. The second-order valence-electron chi connectivity index (χ2n) is 8.43. The van der Waals surface area contributed by atoms with Gasteiger partial charge in [-0.15, -0.1) is 0 Å². The number of hydrogen-bond acceptors (Lipinski definition) is 1. The second-order valence-corrected chi connectivity index (χ2v) is 8.83. The van der Waals surface area contributed by atoms with Crippen molar-refractivity contribution < 1.29 is 13.2 Å². The Morgan fingerprint density at radius 2 is 1.66 bits per heavy atom. The fourth-order valence-electron chi connectivity index (χ4n) is 3.54. The molecule has 0 aliphatic heterocycles. The summed E-state index contributed by atoms with van der Waals surface area (Å²) in [5, 5.41) is 1.32. The van der Waals surface area contributed by atoms with Crippen LogP contribution in [0.1, 0.15) is 50.3 Å². The van der Waals surface area contributed by atoms with Crippen LogP contribution in [0, 0.1) is 0 Å². The van der Waals surface area contributed by atoms with E-state index in [1.165, 1.54) is 11.6 Å². The average molecular weight is 423 g/mol. The number of rotatable bonds is 5. The largest absolute Gasteiger partial charge is 0.416 e. The number of nitrogens with one attached hydrogen (secondary N) is 1. The first-order valence-electron chi connectivity index (χ1n) is 9.74. The summed E-state index contributed by atoms with van der Waals surface area (Å²) in [6.07, 6.45) is -2.01.